The predicted octanol–water partition coefficient (Wildman–Crippen LogP) is 8.50. The van der Waals surface area contributed by atoms with Crippen LogP contribution in [0.5, 0.6) is 0 Å². The van der Waals surface area contributed by atoms with Crippen molar-refractivity contribution in [3.63, 3.8) is 0 Å². The van der Waals surface area contributed by atoms with Gasteiger partial charge in [-0.05, 0) is 85.2 Å². The summed E-state index contributed by atoms with van der Waals surface area (Å²) in [6.07, 6.45) is 4.23. The van der Waals surface area contributed by atoms with Gasteiger partial charge in [0.2, 0.25) is 0 Å². The van der Waals surface area contributed by atoms with Crippen molar-refractivity contribution in [2.45, 2.75) is 51.7 Å². The van der Waals surface area contributed by atoms with Crippen molar-refractivity contribution in [3.05, 3.63) is 82.7 Å². The molecule has 0 radical (unpaired) electrons. The molecule has 9 heteroatoms. The molecule has 0 aliphatic carbocycles. The van der Waals surface area contributed by atoms with Crippen LogP contribution in [0.2, 0.25) is 0 Å². The fraction of sp³-hybridized carbons (Fsp3) is 0.379. The monoisotopic (exact) mass is 540 g/mol. The third kappa shape index (κ3) is 6.38. The zero-order valence-corrected chi connectivity index (χ0v) is 20.7. The van der Waals surface area contributed by atoms with E-state index in [4.69, 9.17) is 9.47 Å². The van der Waals surface area contributed by atoms with Crippen molar-refractivity contribution in [2.24, 2.45) is 5.92 Å². The molecule has 204 valence electrons. The lowest BCUT2D eigenvalue weighted by Gasteiger charge is -2.29. The Morgan fingerprint density at radius 1 is 0.632 bits per heavy atom. The molecule has 0 spiro atoms. The van der Waals surface area contributed by atoms with Gasteiger partial charge in [0.05, 0.1) is 24.3 Å². The van der Waals surface area contributed by atoms with Gasteiger partial charge in [-0.3, -0.25) is 0 Å². The molecule has 38 heavy (non-hydrogen) atoms. The van der Waals surface area contributed by atoms with Gasteiger partial charge < -0.3 is 9.47 Å². The van der Waals surface area contributed by atoms with Gasteiger partial charge in [0, 0.05) is 5.92 Å². The Hall–Kier alpha value is -2.91. The number of aryl methyl sites for hydroxylation is 1. The number of hydrogen-bond acceptors (Lipinski definition) is 2. The first kappa shape index (κ1) is 28.1. The summed E-state index contributed by atoms with van der Waals surface area (Å²) < 4.78 is 111. The average Bonchev–Trinajstić information content (AvgIpc) is 2.85. The van der Waals surface area contributed by atoms with Gasteiger partial charge in [0.15, 0.2) is 23.7 Å². The lowest BCUT2D eigenvalue weighted by molar-refractivity contribution is -0.204. The van der Waals surface area contributed by atoms with E-state index in [0.717, 1.165) is 31.4 Å². The number of rotatable bonds is 9. The minimum atomic E-state index is -1.79. The molecule has 0 bridgehead atoms. The Kier molecular flexibility index (Phi) is 9.10. The molecule has 3 aromatic carbocycles. The molecule has 1 fully saturated rings. The number of halogens is 7. The highest BCUT2D eigenvalue weighted by Crippen LogP contribution is 2.35. The number of unbranched alkanes of at least 4 members (excludes halogenated alkanes) is 1. The maximum atomic E-state index is 14.9. The van der Waals surface area contributed by atoms with E-state index >= 15 is 0 Å². The highest BCUT2D eigenvalue weighted by atomic mass is 19.2. The number of benzene rings is 3. The number of ether oxygens (including phenoxy) is 2. The summed E-state index contributed by atoms with van der Waals surface area (Å²) in [5.74, 6) is -9.29. The van der Waals surface area contributed by atoms with Gasteiger partial charge in [-0.25, -0.2) is 30.7 Å². The number of hydrogen-bond donors (Lipinski definition) is 0. The largest absolute Gasteiger partial charge is 0.352 e. The predicted molar refractivity (Wildman–Crippen MR) is 129 cm³/mol. The van der Waals surface area contributed by atoms with Crippen molar-refractivity contribution in [1.82, 2.24) is 0 Å². The minimum Gasteiger partial charge on any atom is -0.352 e. The Labute approximate surface area is 216 Å². The van der Waals surface area contributed by atoms with E-state index in [2.05, 4.69) is 6.92 Å². The van der Waals surface area contributed by atoms with Crippen LogP contribution in [-0.4, -0.2) is 19.5 Å². The van der Waals surface area contributed by atoms with E-state index < -0.39 is 63.0 Å². The van der Waals surface area contributed by atoms with Gasteiger partial charge in [-0.2, -0.15) is 0 Å². The molecule has 0 N–H and O–H groups in total. The molecule has 4 rings (SSSR count). The van der Waals surface area contributed by atoms with Gasteiger partial charge in [-0.1, -0.05) is 13.3 Å². The molecule has 1 aliphatic heterocycles. The molecule has 1 saturated heterocycles. The van der Waals surface area contributed by atoms with Crippen molar-refractivity contribution < 1.29 is 40.2 Å². The standard InChI is InChI=1S/C29H27F7O2/c1-2-5-17-14-37-26(38-15-17)7-4-3-6-16-8-20(30)27(21(31)9-16)18-10-22(32)28(23(33)11-18)19-12-24(34)29(36)25(35)13-19/h8-13,17,26H,2-7,14-15H2,1H3. The lowest BCUT2D eigenvalue weighted by Crippen LogP contribution is -2.31. The third-order valence-corrected chi connectivity index (χ3v) is 6.59. The molecule has 1 aliphatic rings. The Balaban J connectivity index is 1.43. The summed E-state index contributed by atoms with van der Waals surface area (Å²) in [7, 11) is 0. The van der Waals surface area contributed by atoms with E-state index in [9.17, 15) is 30.7 Å². The third-order valence-electron chi connectivity index (χ3n) is 6.59. The Bertz CT molecular complexity index is 1220. The minimum absolute atomic E-state index is 0.283. The van der Waals surface area contributed by atoms with Crippen LogP contribution >= 0.6 is 0 Å². The fourth-order valence-electron chi connectivity index (χ4n) is 4.70. The SMILES string of the molecule is CCCC1COC(CCCCc2cc(F)c(-c3cc(F)c(-c4cc(F)c(F)c(F)c4)c(F)c3)c(F)c2)OC1. The van der Waals surface area contributed by atoms with Crippen molar-refractivity contribution in [3.8, 4) is 22.3 Å². The summed E-state index contributed by atoms with van der Waals surface area (Å²) in [5.41, 5.74) is -2.13. The zero-order valence-electron chi connectivity index (χ0n) is 20.7. The second kappa shape index (κ2) is 12.3. The van der Waals surface area contributed by atoms with Crippen LogP contribution in [0.25, 0.3) is 22.3 Å². The quantitative estimate of drug-likeness (QED) is 0.154. The summed E-state index contributed by atoms with van der Waals surface area (Å²) in [6.45, 7) is 3.44. The summed E-state index contributed by atoms with van der Waals surface area (Å²) in [6, 6.07) is 4.41. The lowest BCUT2D eigenvalue weighted by atomic mass is 9.96. The highest BCUT2D eigenvalue weighted by molar-refractivity contribution is 5.72. The molecular formula is C29H27F7O2. The second-order valence-corrected chi connectivity index (χ2v) is 9.50. The smallest absolute Gasteiger partial charge is 0.194 e. The van der Waals surface area contributed by atoms with E-state index in [1.165, 1.54) is 0 Å². The van der Waals surface area contributed by atoms with Gasteiger partial charge in [-0.15, -0.1) is 0 Å². The Morgan fingerprint density at radius 3 is 1.61 bits per heavy atom. The van der Waals surface area contributed by atoms with Crippen LogP contribution in [0.15, 0.2) is 36.4 Å². The fourth-order valence-corrected chi connectivity index (χ4v) is 4.70. The molecule has 0 unspecified atom stereocenters. The van der Waals surface area contributed by atoms with Crippen molar-refractivity contribution in [1.29, 1.82) is 0 Å². The molecule has 2 nitrogen and oxygen atoms in total. The van der Waals surface area contributed by atoms with Gasteiger partial charge in [0.1, 0.15) is 23.3 Å². The first-order valence-electron chi connectivity index (χ1n) is 12.5. The van der Waals surface area contributed by atoms with E-state index in [1.54, 1.807) is 0 Å². The van der Waals surface area contributed by atoms with Crippen LogP contribution in [-0.2, 0) is 15.9 Å². The van der Waals surface area contributed by atoms with E-state index in [-0.39, 0.29) is 6.29 Å². The molecule has 0 atom stereocenters. The zero-order chi connectivity index (χ0) is 27.4. The first-order valence-corrected chi connectivity index (χ1v) is 12.5. The average molecular weight is 541 g/mol. The first-order chi connectivity index (χ1) is 18.2. The van der Waals surface area contributed by atoms with Gasteiger partial charge in [0.25, 0.3) is 0 Å². The van der Waals surface area contributed by atoms with Crippen LogP contribution in [0.1, 0.15) is 44.6 Å². The summed E-state index contributed by atoms with van der Waals surface area (Å²) >= 11 is 0. The highest BCUT2D eigenvalue weighted by Gasteiger charge is 2.23. The van der Waals surface area contributed by atoms with Crippen LogP contribution in [0.3, 0.4) is 0 Å². The van der Waals surface area contributed by atoms with Crippen molar-refractivity contribution in [2.75, 3.05) is 13.2 Å². The maximum Gasteiger partial charge on any atom is 0.194 e. The molecule has 0 amide bonds. The second-order valence-electron chi connectivity index (χ2n) is 9.50. The topological polar surface area (TPSA) is 18.5 Å². The molecule has 0 saturated carbocycles. The van der Waals surface area contributed by atoms with Crippen LogP contribution in [0.4, 0.5) is 30.7 Å². The summed E-state index contributed by atoms with van der Waals surface area (Å²) in [5, 5.41) is 0. The van der Waals surface area contributed by atoms with E-state index in [0.29, 0.717) is 68.2 Å². The van der Waals surface area contributed by atoms with Crippen LogP contribution < -0.4 is 0 Å². The molecule has 0 aromatic heterocycles. The van der Waals surface area contributed by atoms with E-state index in [1.807, 2.05) is 0 Å². The van der Waals surface area contributed by atoms with Crippen molar-refractivity contribution >= 4 is 0 Å². The summed E-state index contributed by atoms with van der Waals surface area (Å²) in [4.78, 5) is 0. The molecule has 1 heterocycles. The van der Waals surface area contributed by atoms with Gasteiger partial charge >= 0.3 is 0 Å². The normalized spacial score (nSPS) is 17.7. The molecular weight excluding hydrogens is 513 g/mol. The molecule has 3 aromatic rings. The maximum absolute atomic E-state index is 14.9. The van der Waals surface area contributed by atoms with Crippen LogP contribution in [0, 0.1) is 46.6 Å². The Morgan fingerprint density at radius 2 is 1.11 bits per heavy atom.